The van der Waals surface area contributed by atoms with E-state index in [1.54, 1.807) is 11.3 Å². The molecule has 9 heteroatoms. The Morgan fingerprint density at radius 3 is 2.86 bits per heavy atom. The summed E-state index contributed by atoms with van der Waals surface area (Å²) in [5.74, 6) is 0.611. The number of aliphatic carboxylic acids is 1. The van der Waals surface area contributed by atoms with E-state index in [4.69, 9.17) is 9.26 Å². The second-order valence-corrected chi connectivity index (χ2v) is 8.91. The monoisotopic (exact) mass is 417 g/mol. The van der Waals surface area contributed by atoms with Crippen LogP contribution < -0.4 is 5.32 Å². The maximum absolute atomic E-state index is 11.6. The van der Waals surface area contributed by atoms with E-state index >= 15 is 0 Å². The summed E-state index contributed by atoms with van der Waals surface area (Å²) in [4.78, 5) is 17.4. The largest absolute Gasteiger partial charge is 0.478 e. The summed E-state index contributed by atoms with van der Waals surface area (Å²) in [6.07, 6.45) is 5.48. The zero-order valence-corrected chi connectivity index (χ0v) is 16.8. The van der Waals surface area contributed by atoms with Crippen LogP contribution in [0.3, 0.4) is 0 Å². The average Bonchev–Trinajstić information content (AvgIpc) is 3.35. The lowest BCUT2D eigenvalue weighted by atomic mass is 9.95. The summed E-state index contributed by atoms with van der Waals surface area (Å²) < 4.78 is 11.0. The molecular formula is C20H23N3O5S. The normalized spacial score (nSPS) is 20.4. The van der Waals surface area contributed by atoms with Crippen LogP contribution in [-0.4, -0.2) is 45.8 Å². The maximum Gasteiger partial charge on any atom is 0.331 e. The Kier molecular flexibility index (Phi) is 4.89. The number of nitrogens with one attached hydrogen (secondary N) is 1. The maximum atomic E-state index is 11.6. The minimum absolute atomic E-state index is 0.0998. The molecule has 0 aromatic carbocycles. The van der Waals surface area contributed by atoms with Crippen LogP contribution in [0.25, 0.3) is 11.5 Å². The first kappa shape index (κ1) is 18.8. The molecule has 2 aromatic heterocycles. The van der Waals surface area contributed by atoms with Crippen LogP contribution in [0.4, 0.5) is 5.00 Å². The highest BCUT2D eigenvalue weighted by Gasteiger charge is 2.32. The Hall–Kier alpha value is -2.23. The molecule has 1 unspecified atom stereocenters. The molecule has 0 saturated heterocycles. The van der Waals surface area contributed by atoms with E-state index in [-0.39, 0.29) is 18.6 Å². The van der Waals surface area contributed by atoms with E-state index in [1.807, 2.05) is 0 Å². The lowest BCUT2D eigenvalue weighted by Crippen LogP contribution is -2.30. The van der Waals surface area contributed by atoms with Gasteiger partial charge in [0.15, 0.2) is 5.82 Å². The van der Waals surface area contributed by atoms with Gasteiger partial charge in [-0.05, 0) is 44.1 Å². The predicted molar refractivity (Wildman–Crippen MR) is 106 cm³/mol. The molecule has 2 aliphatic carbocycles. The van der Waals surface area contributed by atoms with E-state index in [2.05, 4.69) is 15.5 Å². The number of ether oxygens (including phenoxy) is 1. The Balaban J connectivity index is 1.51. The number of hydrogen-bond donors (Lipinski definition) is 3. The summed E-state index contributed by atoms with van der Waals surface area (Å²) in [5.41, 5.74) is 2.64. The molecule has 5 rings (SSSR count). The summed E-state index contributed by atoms with van der Waals surface area (Å²) in [5, 5.41) is 28.3. The van der Waals surface area contributed by atoms with Gasteiger partial charge in [-0.3, -0.25) is 0 Å². The van der Waals surface area contributed by atoms with Crippen molar-refractivity contribution >= 4 is 22.3 Å². The van der Waals surface area contributed by atoms with Gasteiger partial charge in [-0.2, -0.15) is 4.98 Å². The Labute approximate surface area is 171 Å². The number of carboxylic acid groups (broad SMARTS) is 1. The molecule has 0 bridgehead atoms. The van der Waals surface area contributed by atoms with Gasteiger partial charge in [0.2, 0.25) is 0 Å². The number of aromatic nitrogens is 2. The third kappa shape index (κ3) is 3.58. The zero-order valence-electron chi connectivity index (χ0n) is 15.9. The fourth-order valence-corrected chi connectivity index (χ4v) is 5.34. The molecule has 29 heavy (non-hydrogen) atoms. The molecule has 0 spiro atoms. The molecule has 2 aromatic rings. The number of rotatable bonds is 6. The van der Waals surface area contributed by atoms with E-state index < -0.39 is 12.2 Å². The second kappa shape index (κ2) is 7.55. The molecule has 1 atom stereocenters. The van der Waals surface area contributed by atoms with Crippen molar-refractivity contribution in [2.24, 2.45) is 0 Å². The molecule has 1 fully saturated rings. The number of aryl methyl sites for hydroxylation is 1. The number of aliphatic hydroxyl groups is 1. The van der Waals surface area contributed by atoms with Gasteiger partial charge in [0.05, 0.1) is 18.8 Å². The topological polar surface area (TPSA) is 118 Å². The molecule has 0 amide bonds. The van der Waals surface area contributed by atoms with Gasteiger partial charge in [-0.15, -0.1) is 11.3 Å². The van der Waals surface area contributed by atoms with E-state index in [0.29, 0.717) is 24.0 Å². The summed E-state index contributed by atoms with van der Waals surface area (Å²) in [6.45, 7) is 0.449. The molecule has 3 heterocycles. The third-order valence-electron chi connectivity index (χ3n) is 5.77. The fraction of sp³-hybridized carbons (Fsp3) is 0.550. The van der Waals surface area contributed by atoms with Crippen molar-refractivity contribution in [2.45, 2.75) is 57.1 Å². The van der Waals surface area contributed by atoms with Crippen molar-refractivity contribution < 1.29 is 24.3 Å². The lowest BCUT2D eigenvalue weighted by Gasteiger charge is -2.23. The number of hydrogen-bond acceptors (Lipinski definition) is 8. The second-order valence-electron chi connectivity index (χ2n) is 7.81. The van der Waals surface area contributed by atoms with Crippen molar-refractivity contribution in [2.75, 3.05) is 18.5 Å². The third-order valence-corrected chi connectivity index (χ3v) is 6.99. The number of thiophene rings is 1. The summed E-state index contributed by atoms with van der Waals surface area (Å²) in [6, 6.07) is 0. The Bertz CT molecular complexity index is 975. The highest BCUT2D eigenvalue weighted by molar-refractivity contribution is 7.17. The van der Waals surface area contributed by atoms with Crippen molar-refractivity contribution in [3.8, 4) is 11.5 Å². The van der Waals surface area contributed by atoms with Crippen LogP contribution in [0, 0.1) is 0 Å². The average molecular weight is 417 g/mol. The van der Waals surface area contributed by atoms with Gasteiger partial charge in [0.25, 0.3) is 5.89 Å². The zero-order chi connectivity index (χ0) is 20.0. The number of aliphatic hydroxyl groups excluding tert-OH is 1. The fourth-order valence-electron chi connectivity index (χ4n) is 4.04. The van der Waals surface area contributed by atoms with Gasteiger partial charge < -0.3 is 24.8 Å². The van der Waals surface area contributed by atoms with Crippen molar-refractivity contribution in [1.82, 2.24) is 10.1 Å². The molecule has 1 aliphatic heterocycles. The molecular weight excluding hydrogens is 394 g/mol. The Morgan fingerprint density at radius 2 is 2.07 bits per heavy atom. The Morgan fingerprint density at radius 1 is 1.24 bits per heavy atom. The summed E-state index contributed by atoms with van der Waals surface area (Å²) >= 11 is 1.58. The van der Waals surface area contributed by atoms with Crippen molar-refractivity contribution in [1.29, 1.82) is 0 Å². The van der Waals surface area contributed by atoms with Crippen LogP contribution in [0.2, 0.25) is 0 Å². The van der Waals surface area contributed by atoms with Crippen LogP contribution in [-0.2, 0) is 22.4 Å². The van der Waals surface area contributed by atoms with Gasteiger partial charge >= 0.3 is 5.97 Å². The minimum atomic E-state index is -1.15. The molecule has 3 N–H and O–H groups in total. The van der Waals surface area contributed by atoms with E-state index in [1.165, 1.54) is 10.4 Å². The highest BCUT2D eigenvalue weighted by Crippen LogP contribution is 2.45. The van der Waals surface area contributed by atoms with Gasteiger partial charge in [0.1, 0.15) is 11.2 Å². The lowest BCUT2D eigenvalue weighted by molar-refractivity contribution is -0.133. The first-order chi connectivity index (χ1) is 14.1. The number of carboxylic acids is 1. The highest BCUT2D eigenvalue weighted by atomic mass is 32.1. The predicted octanol–water partition coefficient (Wildman–Crippen LogP) is 3.09. The molecule has 1 saturated carbocycles. The van der Waals surface area contributed by atoms with Crippen LogP contribution in [0.15, 0.2) is 15.7 Å². The smallest absolute Gasteiger partial charge is 0.331 e. The number of fused-ring (bicyclic) bond motifs is 1. The van der Waals surface area contributed by atoms with Crippen molar-refractivity contribution in [3.63, 3.8) is 0 Å². The quantitative estimate of drug-likeness (QED) is 0.614. The van der Waals surface area contributed by atoms with Gasteiger partial charge in [-0.25, -0.2) is 4.79 Å². The van der Waals surface area contributed by atoms with Gasteiger partial charge in [0, 0.05) is 28.4 Å². The first-order valence-electron chi connectivity index (χ1n) is 10.1. The number of nitrogens with zero attached hydrogens (tertiary/aromatic N) is 2. The molecule has 154 valence electrons. The number of anilines is 1. The van der Waals surface area contributed by atoms with Crippen molar-refractivity contribution in [3.05, 3.63) is 27.4 Å². The molecule has 8 nitrogen and oxygen atoms in total. The SMILES string of the molecule is O=C(O)C1=C(C(O)Nc2sc3c(c2-c2nc(C4CC4)no2)CCCC3)COCC1. The first-order valence-corrected chi connectivity index (χ1v) is 10.9. The standard InChI is InChI=1S/C20H23N3O5S/c24-17(13-9-27-8-7-11(13)20(25)26)22-19-15(12-3-1-2-4-14(12)29-19)18-21-16(23-28-18)10-5-6-10/h10,17,22,24H,1-9H2,(H,25,26). The number of carbonyl (C=O) groups is 1. The molecule has 3 aliphatic rings. The van der Waals surface area contributed by atoms with E-state index in [0.717, 1.165) is 54.9 Å². The molecule has 0 radical (unpaired) electrons. The van der Waals surface area contributed by atoms with Crippen LogP contribution >= 0.6 is 11.3 Å². The van der Waals surface area contributed by atoms with Crippen LogP contribution in [0.1, 0.15) is 54.3 Å². The van der Waals surface area contributed by atoms with Gasteiger partial charge in [-0.1, -0.05) is 5.16 Å². The van der Waals surface area contributed by atoms with E-state index in [9.17, 15) is 15.0 Å². The minimum Gasteiger partial charge on any atom is -0.478 e. The van der Waals surface area contributed by atoms with Crippen LogP contribution in [0.5, 0.6) is 0 Å². The summed E-state index contributed by atoms with van der Waals surface area (Å²) in [7, 11) is 0.